The molecule has 0 spiro atoms. The number of methoxy groups -OCH3 is 1. The molecule has 3 amide bonds. The van der Waals surface area contributed by atoms with Crippen molar-refractivity contribution in [2.24, 2.45) is 7.05 Å². The monoisotopic (exact) mass is 403 g/mol. The van der Waals surface area contributed by atoms with Gasteiger partial charge < -0.3 is 14.6 Å². The number of urea groups is 1. The summed E-state index contributed by atoms with van der Waals surface area (Å²) in [5.41, 5.74) is 0.819. The van der Waals surface area contributed by atoms with Crippen LogP contribution in [0.25, 0.3) is 11.4 Å². The molecule has 1 saturated carbocycles. The van der Waals surface area contributed by atoms with E-state index in [0.717, 1.165) is 31.2 Å². The number of rotatable bonds is 6. The van der Waals surface area contributed by atoms with E-state index in [1.54, 1.807) is 14.0 Å². The number of para-hydroxylation sites is 1. The van der Waals surface area contributed by atoms with Crippen molar-refractivity contribution in [3.05, 3.63) is 24.3 Å². The van der Waals surface area contributed by atoms with Gasteiger partial charge in [-0.1, -0.05) is 36.7 Å². The minimum atomic E-state index is -0.497. The molecule has 0 bridgehead atoms. The fourth-order valence-electron chi connectivity index (χ4n) is 3.20. The molecule has 28 heavy (non-hydrogen) atoms. The Morgan fingerprint density at radius 2 is 1.96 bits per heavy atom. The Labute approximate surface area is 168 Å². The number of nitrogens with zero attached hydrogens (tertiary/aromatic N) is 3. The summed E-state index contributed by atoms with van der Waals surface area (Å²) >= 11 is 1.25. The lowest BCUT2D eigenvalue weighted by Gasteiger charge is -2.14. The molecular weight excluding hydrogens is 378 g/mol. The van der Waals surface area contributed by atoms with Gasteiger partial charge in [-0.25, -0.2) is 4.79 Å². The Morgan fingerprint density at radius 1 is 1.25 bits per heavy atom. The van der Waals surface area contributed by atoms with Crippen molar-refractivity contribution in [1.82, 2.24) is 25.4 Å². The summed E-state index contributed by atoms with van der Waals surface area (Å²) in [6.07, 6.45) is 4.17. The second kappa shape index (κ2) is 9.09. The molecule has 1 aromatic heterocycles. The molecule has 2 aromatic rings. The molecule has 1 aliphatic carbocycles. The fourth-order valence-corrected chi connectivity index (χ4v) is 4.01. The van der Waals surface area contributed by atoms with Crippen LogP contribution < -0.4 is 15.4 Å². The summed E-state index contributed by atoms with van der Waals surface area (Å²) in [6.45, 7) is 1.74. The number of aromatic nitrogens is 3. The minimum Gasteiger partial charge on any atom is -0.496 e. The van der Waals surface area contributed by atoms with Gasteiger partial charge in [0.1, 0.15) is 5.75 Å². The van der Waals surface area contributed by atoms with Crippen LogP contribution in [0.2, 0.25) is 0 Å². The van der Waals surface area contributed by atoms with Crippen LogP contribution in [0.15, 0.2) is 29.4 Å². The predicted octanol–water partition coefficient (Wildman–Crippen LogP) is 2.74. The number of imide groups is 1. The molecule has 1 aromatic carbocycles. The second-order valence-corrected chi connectivity index (χ2v) is 8.08. The SMILES string of the molecule is COc1ccccc1-c1nnc(S[C@H](C)C(=O)NC(=O)NC2CCCC2)n1C. The molecule has 3 rings (SSSR count). The van der Waals surface area contributed by atoms with Crippen molar-refractivity contribution in [1.29, 1.82) is 0 Å². The number of benzene rings is 1. The number of hydrogen-bond acceptors (Lipinski definition) is 6. The van der Waals surface area contributed by atoms with E-state index >= 15 is 0 Å². The van der Waals surface area contributed by atoms with Gasteiger partial charge in [-0.15, -0.1) is 10.2 Å². The molecule has 8 nitrogen and oxygen atoms in total. The van der Waals surface area contributed by atoms with Gasteiger partial charge in [0.05, 0.1) is 17.9 Å². The van der Waals surface area contributed by atoms with Gasteiger partial charge in [0.2, 0.25) is 5.91 Å². The first-order chi connectivity index (χ1) is 13.5. The first-order valence-electron chi connectivity index (χ1n) is 9.30. The Kier molecular flexibility index (Phi) is 6.56. The molecule has 0 unspecified atom stereocenters. The molecule has 1 atom stereocenters. The lowest BCUT2D eigenvalue weighted by Crippen LogP contribution is -2.45. The van der Waals surface area contributed by atoms with E-state index in [1.807, 2.05) is 35.9 Å². The molecule has 1 fully saturated rings. The van der Waals surface area contributed by atoms with Crippen LogP contribution >= 0.6 is 11.8 Å². The van der Waals surface area contributed by atoms with Gasteiger partial charge in [-0.2, -0.15) is 0 Å². The van der Waals surface area contributed by atoms with Gasteiger partial charge >= 0.3 is 6.03 Å². The summed E-state index contributed by atoms with van der Waals surface area (Å²) in [4.78, 5) is 24.3. The number of nitrogens with one attached hydrogen (secondary N) is 2. The number of ether oxygens (including phenoxy) is 1. The first kappa shape index (κ1) is 20.2. The topological polar surface area (TPSA) is 98.1 Å². The van der Waals surface area contributed by atoms with Gasteiger partial charge in [0.15, 0.2) is 11.0 Å². The van der Waals surface area contributed by atoms with Crippen molar-refractivity contribution in [3.8, 4) is 17.1 Å². The van der Waals surface area contributed by atoms with Crippen LogP contribution in [0.3, 0.4) is 0 Å². The number of carbonyl (C=O) groups is 2. The van der Waals surface area contributed by atoms with E-state index in [4.69, 9.17) is 4.74 Å². The molecule has 0 saturated heterocycles. The molecular formula is C19H25N5O3S. The van der Waals surface area contributed by atoms with Crippen LogP contribution in [0.5, 0.6) is 5.75 Å². The van der Waals surface area contributed by atoms with E-state index in [2.05, 4.69) is 20.8 Å². The van der Waals surface area contributed by atoms with Gasteiger partial charge in [0, 0.05) is 13.1 Å². The molecule has 0 aliphatic heterocycles. The molecule has 9 heteroatoms. The van der Waals surface area contributed by atoms with E-state index < -0.39 is 11.3 Å². The van der Waals surface area contributed by atoms with Gasteiger partial charge in [-0.05, 0) is 31.9 Å². The number of hydrogen-bond donors (Lipinski definition) is 2. The Morgan fingerprint density at radius 3 is 2.68 bits per heavy atom. The molecule has 0 radical (unpaired) electrons. The highest BCUT2D eigenvalue weighted by Crippen LogP contribution is 2.31. The maximum absolute atomic E-state index is 12.3. The maximum Gasteiger partial charge on any atom is 0.321 e. The van der Waals surface area contributed by atoms with E-state index in [9.17, 15) is 9.59 Å². The number of amides is 3. The zero-order chi connectivity index (χ0) is 20.1. The third-order valence-electron chi connectivity index (χ3n) is 4.76. The predicted molar refractivity (Wildman–Crippen MR) is 107 cm³/mol. The van der Waals surface area contributed by atoms with Gasteiger partial charge in [0.25, 0.3) is 0 Å². The van der Waals surface area contributed by atoms with Crippen LogP contribution in [-0.2, 0) is 11.8 Å². The summed E-state index contributed by atoms with van der Waals surface area (Å²) < 4.78 is 7.20. The van der Waals surface area contributed by atoms with Crippen molar-refractivity contribution in [2.45, 2.75) is 49.1 Å². The lowest BCUT2D eigenvalue weighted by atomic mass is 10.2. The van der Waals surface area contributed by atoms with Crippen LogP contribution in [0, 0.1) is 0 Å². The highest BCUT2D eigenvalue weighted by molar-refractivity contribution is 8.00. The average Bonchev–Trinajstić information content (AvgIpc) is 3.32. The third kappa shape index (κ3) is 4.64. The summed E-state index contributed by atoms with van der Waals surface area (Å²) in [5.74, 6) is 0.984. The molecule has 1 heterocycles. The Hall–Kier alpha value is -2.55. The fraction of sp³-hybridized carbons (Fsp3) is 0.474. The third-order valence-corrected chi connectivity index (χ3v) is 5.90. The van der Waals surface area contributed by atoms with Gasteiger partial charge in [-0.3, -0.25) is 10.1 Å². The zero-order valence-electron chi connectivity index (χ0n) is 16.3. The number of carbonyl (C=O) groups excluding carboxylic acids is 2. The van der Waals surface area contributed by atoms with E-state index in [1.165, 1.54) is 11.8 Å². The average molecular weight is 404 g/mol. The Balaban J connectivity index is 1.62. The van der Waals surface area contributed by atoms with Crippen LogP contribution in [-0.4, -0.2) is 45.1 Å². The largest absolute Gasteiger partial charge is 0.496 e. The zero-order valence-corrected chi connectivity index (χ0v) is 17.1. The summed E-state index contributed by atoms with van der Waals surface area (Å²) in [5, 5.41) is 13.8. The van der Waals surface area contributed by atoms with Crippen molar-refractivity contribution >= 4 is 23.7 Å². The maximum atomic E-state index is 12.3. The first-order valence-corrected chi connectivity index (χ1v) is 10.2. The van der Waals surface area contributed by atoms with E-state index in [-0.39, 0.29) is 11.9 Å². The summed E-state index contributed by atoms with van der Waals surface area (Å²) in [7, 11) is 3.44. The van der Waals surface area contributed by atoms with E-state index in [0.29, 0.717) is 16.7 Å². The van der Waals surface area contributed by atoms with Crippen LogP contribution in [0.4, 0.5) is 4.79 Å². The minimum absolute atomic E-state index is 0.165. The lowest BCUT2D eigenvalue weighted by molar-refractivity contribution is -0.119. The second-order valence-electron chi connectivity index (χ2n) is 6.77. The smallest absolute Gasteiger partial charge is 0.321 e. The highest BCUT2D eigenvalue weighted by atomic mass is 32.2. The molecule has 2 N–H and O–H groups in total. The quantitative estimate of drug-likeness (QED) is 0.720. The molecule has 150 valence electrons. The number of thioether (sulfide) groups is 1. The summed E-state index contributed by atoms with van der Waals surface area (Å²) in [6, 6.07) is 7.28. The normalized spacial score (nSPS) is 15.2. The van der Waals surface area contributed by atoms with Crippen molar-refractivity contribution in [2.75, 3.05) is 7.11 Å². The van der Waals surface area contributed by atoms with Crippen molar-refractivity contribution in [3.63, 3.8) is 0 Å². The van der Waals surface area contributed by atoms with Crippen molar-refractivity contribution < 1.29 is 14.3 Å². The highest BCUT2D eigenvalue weighted by Gasteiger charge is 2.23. The Bertz CT molecular complexity index is 848. The standard InChI is InChI=1S/C19H25N5O3S/c1-12(17(25)21-18(26)20-13-8-4-5-9-13)28-19-23-22-16(24(19)2)14-10-6-7-11-15(14)27-3/h6-7,10-13H,4-5,8-9H2,1-3H3,(H2,20,21,25,26)/t12-/m1/s1. The molecule has 1 aliphatic rings. The van der Waals surface area contributed by atoms with Crippen LogP contribution in [0.1, 0.15) is 32.6 Å².